The molecule has 1 aliphatic heterocycles. The summed E-state index contributed by atoms with van der Waals surface area (Å²) in [7, 11) is 0. The zero-order valence-electron chi connectivity index (χ0n) is 17.1. The number of anilines is 2. The predicted octanol–water partition coefficient (Wildman–Crippen LogP) is 4.48. The number of nitrogens with zero attached hydrogens (tertiary/aromatic N) is 2. The predicted molar refractivity (Wildman–Crippen MR) is 125 cm³/mol. The fraction of sp³-hybridized carbons (Fsp3) is 0.200. The minimum absolute atomic E-state index is 0.00732. The maximum absolute atomic E-state index is 12.9. The lowest BCUT2D eigenvalue weighted by atomic mass is 10.1. The largest absolute Gasteiger partial charge is 0.368 e. The molecule has 0 unspecified atom stereocenters. The molecule has 1 aliphatic rings. The van der Waals surface area contributed by atoms with Crippen molar-refractivity contribution in [3.63, 3.8) is 0 Å². The van der Waals surface area contributed by atoms with Gasteiger partial charge >= 0.3 is 0 Å². The average Bonchev–Trinajstić information content (AvgIpc) is 2.80. The second-order valence-electron chi connectivity index (χ2n) is 7.55. The van der Waals surface area contributed by atoms with Crippen molar-refractivity contribution in [2.75, 3.05) is 36.4 Å². The number of benzene rings is 3. The SMILES string of the molecule is O=C(Cc1ccccc1)Nc1ccc(C(=O)N2CCN(c3cccc(Cl)c3)CC2)cc1. The van der Waals surface area contributed by atoms with E-state index in [9.17, 15) is 9.59 Å². The number of nitrogens with one attached hydrogen (secondary N) is 1. The fourth-order valence-corrected chi connectivity index (χ4v) is 3.89. The van der Waals surface area contributed by atoms with Crippen molar-refractivity contribution in [1.29, 1.82) is 0 Å². The number of carbonyl (C=O) groups excluding carboxylic acids is 2. The summed E-state index contributed by atoms with van der Waals surface area (Å²) in [4.78, 5) is 29.2. The second kappa shape index (κ2) is 9.67. The van der Waals surface area contributed by atoms with E-state index in [1.807, 2.05) is 59.5 Å². The second-order valence-corrected chi connectivity index (χ2v) is 7.98. The van der Waals surface area contributed by atoms with Crippen LogP contribution in [-0.4, -0.2) is 42.9 Å². The van der Waals surface area contributed by atoms with E-state index < -0.39 is 0 Å². The zero-order chi connectivity index (χ0) is 21.6. The first-order chi connectivity index (χ1) is 15.1. The Bertz CT molecular complexity index is 1050. The summed E-state index contributed by atoms with van der Waals surface area (Å²) in [5, 5.41) is 3.60. The smallest absolute Gasteiger partial charge is 0.253 e. The number of halogens is 1. The summed E-state index contributed by atoms with van der Waals surface area (Å²) in [5.41, 5.74) is 3.35. The van der Waals surface area contributed by atoms with E-state index in [1.54, 1.807) is 24.3 Å². The van der Waals surface area contributed by atoms with Crippen molar-refractivity contribution in [1.82, 2.24) is 4.90 Å². The minimum atomic E-state index is -0.0811. The van der Waals surface area contributed by atoms with Crippen molar-refractivity contribution in [2.24, 2.45) is 0 Å². The molecule has 3 aromatic rings. The van der Waals surface area contributed by atoms with Gasteiger partial charge in [0.2, 0.25) is 5.91 Å². The maximum atomic E-state index is 12.9. The maximum Gasteiger partial charge on any atom is 0.253 e. The van der Waals surface area contributed by atoms with E-state index in [4.69, 9.17) is 11.6 Å². The van der Waals surface area contributed by atoms with Crippen LogP contribution in [-0.2, 0) is 11.2 Å². The van der Waals surface area contributed by atoms with Crippen LogP contribution in [0.15, 0.2) is 78.9 Å². The first kappa shape index (κ1) is 20.9. The lowest BCUT2D eigenvalue weighted by molar-refractivity contribution is -0.115. The van der Waals surface area contributed by atoms with Gasteiger partial charge in [-0.05, 0) is 48.0 Å². The minimum Gasteiger partial charge on any atom is -0.368 e. The van der Waals surface area contributed by atoms with Gasteiger partial charge in [0.25, 0.3) is 5.91 Å². The fourth-order valence-electron chi connectivity index (χ4n) is 3.71. The molecule has 0 saturated carbocycles. The zero-order valence-corrected chi connectivity index (χ0v) is 17.9. The highest BCUT2D eigenvalue weighted by molar-refractivity contribution is 6.30. The average molecular weight is 434 g/mol. The number of rotatable bonds is 5. The van der Waals surface area contributed by atoms with E-state index in [2.05, 4.69) is 10.2 Å². The van der Waals surface area contributed by atoms with Crippen molar-refractivity contribution < 1.29 is 9.59 Å². The van der Waals surface area contributed by atoms with E-state index in [-0.39, 0.29) is 11.8 Å². The summed E-state index contributed by atoms with van der Waals surface area (Å²) in [6, 6.07) is 24.5. The third-order valence-electron chi connectivity index (χ3n) is 5.36. The highest BCUT2D eigenvalue weighted by Gasteiger charge is 2.22. The molecule has 2 amide bonds. The van der Waals surface area contributed by atoms with Crippen LogP contribution in [0, 0.1) is 0 Å². The molecule has 6 heteroatoms. The van der Waals surface area contributed by atoms with Gasteiger partial charge in [0.05, 0.1) is 6.42 Å². The van der Waals surface area contributed by atoms with Crippen LogP contribution in [0.5, 0.6) is 0 Å². The van der Waals surface area contributed by atoms with E-state index in [0.29, 0.717) is 35.8 Å². The van der Waals surface area contributed by atoms with E-state index in [1.165, 1.54) is 0 Å². The van der Waals surface area contributed by atoms with Crippen LogP contribution in [0.3, 0.4) is 0 Å². The van der Waals surface area contributed by atoms with Gasteiger partial charge in [0.15, 0.2) is 0 Å². The molecule has 0 atom stereocenters. The third-order valence-corrected chi connectivity index (χ3v) is 5.60. The van der Waals surface area contributed by atoms with Crippen LogP contribution < -0.4 is 10.2 Å². The first-order valence-electron chi connectivity index (χ1n) is 10.3. The van der Waals surface area contributed by atoms with Crippen LogP contribution in [0.1, 0.15) is 15.9 Å². The monoisotopic (exact) mass is 433 g/mol. The molecule has 158 valence electrons. The number of hydrogen-bond donors (Lipinski definition) is 1. The molecule has 4 rings (SSSR count). The van der Waals surface area contributed by atoms with E-state index in [0.717, 1.165) is 24.3 Å². The van der Waals surface area contributed by atoms with Gasteiger partial charge in [0.1, 0.15) is 0 Å². The highest BCUT2D eigenvalue weighted by Crippen LogP contribution is 2.21. The molecule has 3 aromatic carbocycles. The van der Waals surface area contributed by atoms with Crippen LogP contribution in [0.25, 0.3) is 0 Å². The number of hydrogen-bond acceptors (Lipinski definition) is 3. The molecule has 1 fully saturated rings. The first-order valence-corrected chi connectivity index (χ1v) is 10.7. The molecule has 5 nitrogen and oxygen atoms in total. The van der Waals surface area contributed by atoms with Gasteiger partial charge < -0.3 is 15.1 Å². The Morgan fingerprint density at radius 3 is 2.23 bits per heavy atom. The number of carbonyl (C=O) groups is 2. The summed E-state index contributed by atoms with van der Waals surface area (Å²) < 4.78 is 0. The van der Waals surface area contributed by atoms with Gasteiger partial charge in [-0.2, -0.15) is 0 Å². The molecule has 0 spiro atoms. The van der Waals surface area contributed by atoms with Gasteiger partial charge in [0, 0.05) is 48.1 Å². The van der Waals surface area contributed by atoms with Gasteiger partial charge in [-0.25, -0.2) is 0 Å². The van der Waals surface area contributed by atoms with Gasteiger partial charge in [-0.3, -0.25) is 9.59 Å². The summed E-state index contributed by atoms with van der Waals surface area (Å²) in [6.45, 7) is 2.83. The van der Waals surface area contributed by atoms with Crippen LogP contribution in [0.2, 0.25) is 5.02 Å². The molecule has 0 aliphatic carbocycles. The van der Waals surface area contributed by atoms with Crippen molar-refractivity contribution in [3.05, 3.63) is 95.0 Å². The third kappa shape index (κ3) is 5.44. The Balaban J connectivity index is 1.31. The molecular formula is C25H24ClN3O2. The van der Waals surface area contributed by atoms with Crippen LogP contribution in [0.4, 0.5) is 11.4 Å². The number of piperazine rings is 1. The Hall–Kier alpha value is -3.31. The summed E-state index contributed by atoms with van der Waals surface area (Å²) in [6.07, 6.45) is 0.318. The standard InChI is InChI=1S/C25H24ClN3O2/c26-21-7-4-8-23(18-21)28-13-15-29(16-14-28)25(31)20-9-11-22(12-10-20)27-24(30)17-19-5-2-1-3-6-19/h1-12,18H,13-17H2,(H,27,30). The van der Waals surface area contributed by atoms with Crippen molar-refractivity contribution in [3.8, 4) is 0 Å². The number of amides is 2. The molecule has 0 aromatic heterocycles. The highest BCUT2D eigenvalue weighted by atomic mass is 35.5. The molecule has 1 N–H and O–H groups in total. The molecule has 31 heavy (non-hydrogen) atoms. The molecule has 1 saturated heterocycles. The topological polar surface area (TPSA) is 52.7 Å². The Morgan fingerprint density at radius 1 is 0.839 bits per heavy atom. The van der Waals surface area contributed by atoms with Crippen LogP contribution >= 0.6 is 11.6 Å². The Morgan fingerprint density at radius 2 is 1.55 bits per heavy atom. The van der Waals surface area contributed by atoms with Crippen molar-refractivity contribution >= 4 is 34.8 Å². The lowest BCUT2D eigenvalue weighted by Gasteiger charge is -2.36. The normalized spacial score (nSPS) is 13.7. The summed E-state index contributed by atoms with van der Waals surface area (Å²) in [5.74, 6) is -0.0738. The molecular weight excluding hydrogens is 410 g/mol. The van der Waals surface area contributed by atoms with Gasteiger partial charge in [-0.15, -0.1) is 0 Å². The lowest BCUT2D eigenvalue weighted by Crippen LogP contribution is -2.48. The Labute approximate surface area is 187 Å². The van der Waals surface area contributed by atoms with Crippen molar-refractivity contribution in [2.45, 2.75) is 6.42 Å². The quantitative estimate of drug-likeness (QED) is 0.645. The summed E-state index contributed by atoms with van der Waals surface area (Å²) >= 11 is 6.09. The van der Waals surface area contributed by atoms with Gasteiger partial charge in [-0.1, -0.05) is 48.0 Å². The molecule has 0 bridgehead atoms. The molecule has 0 radical (unpaired) electrons. The molecule has 1 heterocycles. The van der Waals surface area contributed by atoms with E-state index >= 15 is 0 Å². The Kier molecular flexibility index (Phi) is 6.53.